The summed E-state index contributed by atoms with van der Waals surface area (Å²) in [5.41, 5.74) is 0. The van der Waals surface area contributed by atoms with E-state index < -0.39 is 0 Å². The number of aliphatic imine (C=N–C) groups is 1. The molecule has 1 unspecified atom stereocenters. The molecule has 2 rings (SSSR count). The van der Waals surface area contributed by atoms with Gasteiger partial charge in [0.2, 0.25) is 5.91 Å². The number of nitrogens with one attached hydrogen (secondary N) is 1. The van der Waals surface area contributed by atoms with Crippen LogP contribution in [0.1, 0.15) is 58.8 Å². The van der Waals surface area contributed by atoms with Crippen LogP contribution in [0, 0.1) is 0 Å². The Kier molecular flexibility index (Phi) is 13.9. The summed E-state index contributed by atoms with van der Waals surface area (Å²) < 4.78 is 11.0. The van der Waals surface area contributed by atoms with Crippen molar-refractivity contribution in [3.05, 3.63) is 0 Å². The minimum Gasteiger partial charge on any atom is -0.385 e. The molecule has 2 saturated heterocycles. The highest BCUT2D eigenvalue weighted by Crippen LogP contribution is 2.18. The zero-order chi connectivity index (χ0) is 20.2. The summed E-state index contributed by atoms with van der Waals surface area (Å²) in [6, 6.07) is 0.327. The van der Waals surface area contributed by atoms with Gasteiger partial charge in [-0.1, -0.05) is 6.92 Å². The van der Waals surface area contributed by atoms with Gasteiger partial charge in [0, 0.05) is 65.5 Å². The van der Waals surface area contributed by atoms with Crippen LogP contribution in [0.25, 0.3) is 0 Å². The number of piperidine rings is 1. The van der Waals surface area contributed by atoms with Gasteiger partial charge in [-0.25, -0.2) is 0 Å². The van der Waals surface area contributed by atoms with Crippen LogP contribution in [0.15, 0.2) is 4.99 Å². The van der Waals surface area contributed by atoms with Gasteiger partial charge in [0.05, 0.1) is 6.10 Å². The molecular weight excluding hydrogens is 483 g/mol. The number of rotatable bonds is 11. The lowest BCUT2D eigenvalue weighted by Crippen LogP contribution is -2.47. The van der Waals surface area contributed by atoms with Gasteiger partial charge in [0.15, 0.2) is 5.96 Å². The Morgan fingerprint density at radius 2 is 2.00 bits per heavy atom. The van der Waals surface area contributed by atoms with Crippen molar-refractivity contribution >= 4 is 35.8 Å². The number of carbonyl (C=O) groups excluding carboxylic acids is 1. The molecule has 1 atom stereocenters. The largest absolute Gasteiger partial charge is 0.385 e. The smallest absolute Gasteiger partial charge is 0.222 e. The maximum absolute atomic E-state index is 12.0. The van der Waals surface area contributed by atoms with Crippen LogP contribution < -0.4 is 5.32 Å². The monoisotopic (exact) mass is 524 g/mol. The molecule has 8 heteroatoms. The van der Waals surface area contributed by atoms with Crippen LogP contribution in [-0.4, -0.2) is 86.9 Å². The fraction of sp³-hybridized carbons (Fsp3) is 0.905. The molecule has 2 aliphatic heterocycles. The lowest BCUT2D eigenvalue weighted by Gasteiger charge is -2.34. The van der Waals surface area contributed by atoms with Gasteiger partial charge >= 0.3 is 0 Å². The van der Waals surface area contributed by atoms with Gasteiger partial charge in [-0.3, -0.25) is 9.79 Å². The second kappa shape index (κ2) is 15.2. The van der Waals surface area contributed by atoms with E-state index in [0.29, 0.717) is 24.5 Å². The fourth-order valence-electron chi connectivity index (χ4n) is 4.07. The summed E-state index contributed by atoms with van der Waals surface area (Å²) in [4.78, 5) is 21.3. The molecule has 0 aliphatic carbocycles. The van der Waals surface area contributed by atoms with E-state index in [0.717, 1.165) is 90.4 Å². The summed E-state index contributed by atoms with van der Waals surface area (Å²) in [6.45, 7) is 10.3. The molecule has 1 amide bonds. The molecule has 170 valence electrons. The molecule has 2 heterocycles. The van der Waals surface area contributed by atoms with E-state index in [1.54, 1.807) is 7.11 Å². The molecular formula is C21H41IN4O3. The van der Waals surface area contributed by atoms with Gasteiger partial charge in [0.1, 0.15) is 0 Å². The van der Waals surface area contributed by atoms with Crippen LogP contribution >= 0.6 is 24.0 Å². The third kappa shape index (κ3) is 8.96. The van der Waals surface area contributed by atoms with Crippen molar-refractivity contribution in [3.8, 4) is 0 Å². The average Bonchev–Trinajstić information content (AvgIpc) is 3.14. The number of carbonyl (C=O) groups is 1. The first-order valence-electron chi connectivity index (χ1n) is 11.1. The Labute approximate surface area is 194 Å². The number of nitrogens with zero attached hydrogens (tertiary/aromatic N) is 3. The van der Waals surface area contributed by atoms with E-state index >= 15 is 0 Å². The topological polar surface area (TPSA) is 66.4 Å². The number of methoxy groups -OCH3 is 1. The maximum Gasteiger partial charge on any atom is 0.222 e. The molecule has 0 bridgehead atoms. The Bertz CT molecular complexity index is 485. The zero-order valence-corrected chi connectivity index (χ0v) is 20.9. The molecule has 0 aromatic rings. The normalized spacial score (nSPS) is 19.4. The minimum absolute atomic E-state index is 0. The van der Waals surface area contributed by atoms with Crippen LogP contribution in [-0.2, 0) is 14.3 Å². The molecule has 2 aliphatic rings. The Morgan fingerprint density at radius 3 is 2.59 bits per heavy atom. The highest BCUT2D eigenvalue weighted by atomic mass is 127. The summed E-state index contributed by atoms with van der Waals surface area (Å²) in [7, 11) is 1.73. The molecule has 2 fully saturated rings. The van der Waals surface area contributed by atoms with Crippen molar-refractivity contribution in [1.82, 2.24) is 15.1 Å². The van der Waals surface area contributed by atoms with E-state index in [4.69, 9.17) is 14.5 Å². The van der Waals surface area contributed by atoms with E-state index in [2.05, 4.69) is 29.0 Å². The number of ether oxygens (including phenoxy) is 2. The quantitative estimate of drug-likeness (QED) is 0.195. The number of hydrogen-bond donors (Lipinski definition) is 1. The van der Waals surface area contributed by atoms with E-state index in [1.807, 2.05) is 0 Å². The van der Waals surface area contributed by atoms with Gasteiger partial charge in [-0.2, -0.15) is 0 Å². The summed E-state index contributed by atoms with van der Waals surface area (Å²) in [5, 5.41) is 3.44. The number of guanidine groups is 1. The third-order valence-corrected chi connectivity index (χ3v) is 5.67. The van der Waals surface area contributed by atoms with Crippen molar-refractivity contribution < 1.29 is 14.3 Å². The summed E-state index contributed by atoms with van der Waals surface area (Å²) >= 11 is 0. The highest BCUT2D eigenvalue weighted by molar-refractivity contribution is 14.0. The average molecular weight is 524 g/mol. The second-order valence-electron chi connectivity index (χ2n) is 7.68. The Hall–Kier alpha value is -0.610. The molecule has 0 spiro atoms. The molecule has 29 heavy (non-hydrogen) atoms. The van der Waals surface area contributed by atoms with Crippen LogP contribution in [0.3, 0.4) is 0 Å². The van der Waals surface area contributed by atoms with E-state index in [9.17, 15) is 4.79 Å². The summed E-state index contributed by atoms with van der Waals surface area (Å²) in [6.07, 6.45) is 7.05. The summed E-state index contributed by atoms with van der Waals surface area (Å²) in [5.74, 6) is 1.32. The molecule has 0 saturated carbocycles. The third-order valence-electron chi connectivity index (χ3n) is 5.67. The van der Waals surface area contributed by atoms with Gasteiger partial charge in [-0.05, 0) is 45.4 Å². The van der Waals surface area contributed by atoms with Gasteiger partial charge in [0.25, 0.3) is 0 Å². The van der Waals surface area contributed by atoms with Gasteiger partial charge < -0.3 is 24.6 Å². The van der Waals surface area contributed by atoms with Crippen molar-refractivity contribution in [2.24, 2.45) is 4.99 Å². The number of hydrogen-bond acceptors (Lipinski definition) is 4. The van der Waals surface area contributed by atoms with Crippen LogP contribution in [0.5, 0.6) is 0 Å². The first kappa shape index (κ1) is 26.4. The predicted octanol–water partition coefficient (Wildman–Crippen LogP) is 2.88. The van der Waals surface area contributed by atoms with Crippen LogP contribution in [0.4, 0.5) is 0 Å². The lowest BCUT2D eigenvalue weighted by molar-refractivity contribution is -0.129. The Morgan fingerprint density at radius 1 is 1.24 bits per heavy atom. The predicted molar refractivity (Wildman–Crippen MR) is 128 cm³/mol. The number of amides is 1. The maximum atomic E-state index is 12.0. The first-order chi connectivity index (χ1) is 13.7. The number of likely N-dealkylation sites (tertiary alicyclic amines) is 2. The van der Waals surface area contributed by atoms with Crippen LogP contribution in [0.2, 0.25) is 0 Å². The fourth-order valence-corrected chi connectivity index (χ4v) is 4.07. The van der Waals surface area contributed by atoms with Crippen molar-refractivity contribution in [2.75, 3.05) is 53.0 Å². The molecule has 0 aromatic heterocycles. The number of halogens is 1. The molecule has 0 radical (unpaired) electrons. The molecule has 7 nitrogen and oxygen atoms in total. The Balaban J connectivity index is 0.00000420. The lowest BCUT2D eigenvalue weighted by atomic mass is 10.1. The van der Waals surface area contributed by atoms with E-state index in [1.165, 1.54) is 0 Å². The molecule has 1 N–H and O–H groups in total. The van der Waals surface area contributed by atoms with Crippen molar-refractivity contribution in [3.63, 3.8) is 0 Å². The zero-order valence-electron chi connectivity index (χ0n) is 18.5. The second-order valence-corrected chi connectivity index (χ2v) is 7.68. The minimum atomic E-state index is 0. The highest BCUT2D eigenvalue weighted by Gasteiger charge is 2.26. The molecule has 0 aromatic carbocycles. The van der Waals surface area contributed by atoms with E-state index in [-0.39, 0.29) is 24.0 Å². The first-order valence-corrected chi connectivity index (χ1v) is 11.1. The standard InChI is InChI=1S/C21H40N4O3.HI/c1-4-18(25-13-6-8-20(25)26)9-12-23-21(22-5-2)24-14-10-19(11-15-24)28-17-7-16-27-3;/h18-19H,4-17H2,1-3H3,(H,22,23);1H. The SMILES string of the molecule is CCNC(=NCCC(CC)N1CCCC1=O)N1CCC(OCCCOC)CC1.I. The van der Waals surface area contributed by atoms with Crippen molar-refractivity contribution in [2.45, 2.75) is 70.9 Å². The van der Waals surface area contributed by atoms with Crippen molar-refractivity contribution in [1.29, 1.82) is 0 Å². The van der Waals surface area contributed by atoms with Gasteiger partial charge in [-0.15, -0.1) is 24.0 Å².